The molecule has 2 rings (SSSR count). The molecule has 0 aromatic heterocycles. The van der Waals surface area contributed by atoms with Gasteiger partial charge < -0.3 is 15.2 Å². The van der Waals surface area contributed by atoms with E-state index in [4.69, 9.17) is 21.4 Å². The molecular formula is C19H22ClFN2O6. The highest BCUT2D eigenvalue weighted by Crippen LogP contribution is 2.21. The number of ketones is 1. The van der Waals surface area contributed by atoms with Crippen LogP contribution in [0, 0.1) is 0 Å². The van der Waals surface area contributed by atoms with Gasteiger partial charge in [0.25, 0.3) is 0 Å². The Morgan fingerprint density at radius 1 is 1.28 bits per heavy atom. The van der Waals surface area contributed by atoms with E-state index in [-0.39, 0.29) is 13.2 Å². The number of carbonyl (C=O) groups excluding carboxylic acids is 3. The monoisotopic (exact) mass is 428 g/mol. The lowest BCUT2D eigenvalue weighted by Crippen LogP contribution is -2.55. The van der Waals surface area contributed by atoms with Gasteiger partial charge in [-0.25, -0.2) is 9.18 Å². The molecule has 0 bridgehead atoms. The topological polar surface area (TPSA) is 113 Å². The van der Waals surface area contributed by atoms with Crippen molar-refractivity contribution in [1.82, 2.24) is 10.2 Å². The fourth-order valence-corrected chi connectivity index (χ4v) is 3.23. The van der Waals surface area contributed by atoms with Gasteiger partial charge in [0.1, 0.15) is 25.4 Å². The highest BCUT2D eigenvalue weighted by molar-refractivity contribution is 6.31. The number of Topliss-reactive ketones (excluding diaryl/α,β-unsaturated/α-hetero) is 1. The third-order valence-corrected chi connectivity index (χ3v) is 4.93. The first-order valence-corrected chi connectivity index (χ1v) is 9.49. The number of hydrogen-bond donors (Lipinski definition) is 2. The number of aliphatic carboxylic acids is 1. The minimum atomic E-state index is -1.49. The zero-order valence-corrected chi connectivity index (χ0v) is 16.4. The van der Waals surface area contributed by atoms with Crippen LogP contribution in [0.5, 0.6) is 0 Å². The van der Waals surface area contributed by atoms with Gasteiger partial charge in [0.2, 0.25) is 5.91 Å². The van der Waals surface area contributed by atoms with Crippen LogP contribution in [0.4, 0.5) is 9.18 Å². The second kappa shape index (κ2) is 10.8. The van der Waals surface area contributed by atoms with E-state index >= 15 is 0 Å². The maximum absolute atomic E-state index is 12.7. The van der Waals surface area contributed by atoms with Crippen molar-refractivity contribution in [1.29, 1.82) is 0 Å². The van der Waals surface area contributed by atoms with Crippen molar-refractivity contribution < 1.29 is 33.4 Å². The minimum absolute atomic E-state index is 0.0781. The molecule has 0 spiro atoms. The number of amides is 2. The summed E-state index contributed by atoms with van der Waals surface area (Å²) >= 11 is 6.04. The molecule has 158 valence electrons. The second-order valence-electron chi connectivity index (χ2n) is 6.61. The van der Waals surface area contributed by atoms with Crippen LogP contribution < -0.4 is 5.32 Å². The maximum Gasteiger partial charge on any atom is 0.410 e. The Bertz CT molecular complexity index is 775. The number of nitrogens with zero attached hydrogens (tertiary/aromatic N) is 1. The van der Waals surface area contributed by atoms with E-state index in [9.17, 15) is 23.6 Å². The number of alkyl halides is 1. The second-order valence-corrected chi connectivity index (χ2v) is 7.02. The number of halogens is 2. The average molecular weight is 429 g/mol. The van der Waals surface area contributed by atoms with E-state index in [0.717, 1.165) is 0 Å². The summed E-state index contributed by atoms with van der Waals surface area (Å²) in [6.07, 6.45) is 0.172. The van der Waals surface area contributed by atoms with Crippen molar-refractivity contribution >= 4 is 35.4 Å². The van der Waals surface area contributed by atoms with Crippen molar-refractivity contribution in [2.45, 2.75) is 44.4 Å². The molecular weight excluding hydrogens is 407 g/mol. The van der Waals surface area contributed by atoms with Gasteiger partial charge in [-0.1, -0.05) is 29.8 Å². The van der Waals surface area contributed by atoms with Gasteiger partial charge in [-0.05, 0) is 25.3 Å². The Balaban J connectivity index is 2.04. The van der Waals surface area contributed by atoms with E-state index in [1.165, 1.54) is 4.90 Å². The highest BCUT2D eigenvalue weighted by Gasteiger charge is 2.35. The molecule has 1 aliphatic rings. The molecule has 10 heteroatoms. The van der Waals surface area contributed by atoms with Crippen LogP contribution in [-0.4, -0.2) is 59.1 Å². The summed E-state index contributed by atoms with van der Waals surface area (Å²) < 4.78 is 18.0. The molecule has 1 aliphatic heterocycles. The van der Waals surface area contributed by atoms with Gasteiger partial charge in [0.05, 0.1) is 6.42 Å². The summed E-state index contributed by atoms with van der Waals surface area (Å²) in [6.45, 7) is -1.21. The van der Waals surface area contributed by atoms with Crippen LogP contribution in [0.1, 0.15) is 31.2 Å². The number of carboxylic acids is 1. The van der Waals surface area contributed by atoms with Crippen LogP contribution in [0.25, 0.3) is 0 Å². The fraction of sp³-hybridized carbons (Fsp3) is 0.474. The first kappa shape index (κ1) is 22.6. The summed E-state index contributed by atoms with van der Waals surface area (Å²) in [5.41, 5.74) is 0.607. The van der Waals surface area contributed by atoms with E-state index < -0.39 is 48.9 Å². The van der Waals surface area contributed by atoms with E-state index in [1.807, 2.05) is 0 Å². The quantitative estimate of drug-likeness (QED) is 0.657. The predicted octanol–water partition coefficient (Wildman–Crippen LogP) is 2.33. The smallest absolute Gasteiger partial charge is 0.410 e. The zero-order valence-electron chi connectivity index (χ0n) is 15.6. The lowest BCUT2D eigenvalue weighted by molar-refractivity contribution is -0.140. The van der Waals surface area contributed by atoms with Crippen molar-refractivity contribution in [2.24, 2.45) is 0 Å². The van der Waals surface area contributed by atoms with E-state index in [2.05, 4.69) is 5.32 Å². The van der Waals surface area contributed by atoms with Crippen molar-refractivity contribution in [2.75, 3.05) is 13.2 Å². The number of likely N-dealkylation sites (tertiary alicyclic amines) is 1. The molecule has 1 aromatic carbocycles. The molecule has 0 radical (unpaired) electrons. The molecule has 2 N–H and O–H groups in total. The van der Waals surface area contributed by atoms with Crippen LogP contribution in [0.15, 0.2) is 24.3 Å². The van der Waals surface area contributed by atoms with E-state index in [0.29, 0.717) is 29.8 Å². The minimum Gasteiger partial charge on any atom is -0.481 e. The van der Waals surface area contributed by atoms with E-state index in [1.54, 1.807) is 24.3 Å². The average Bonchev–Trinajstić information content (AvgIpc) is 2.71. The third-order valence-electron chi connectivity index (χ3n) is 4.56. The van der Waals surface area contributed by atoms with Crippen LogP contribution in [0.3, 0.4) is 0 Å². The van der Waals surface area contributed by atoms with Gasteiger partial charge in [0.15, 0.2) is 5.78 Å². The molecule has 2 atom stereocenters. The Labute approximate surface area is 172 Å². The largest absolute Gasteiger partial charge is 0.481 e. The Morgan fingerprint density at radius 2 is 2.00 bits per heavy atom. The zero-order chi connectivity index (χ0) is 21.4. The molecule has 1 aromatic rings. The normalized spacial score (nSPS) is 17.3. The van der Waals surface area contributed by atoms with Crippen molar-refractivity contribution in [3.8, 4) is 0 Å². The van der Waals surface area contributed by atoms with Gasteiger partial charge in [-0.3, -0.25) is 19.3 Å². The number of piperidine rings is 1. The van der Waals surface area contributed by atoms with Crippen LogP contribution in [-0.2, 0) is 25.7 Å². The predicted molar refractivity (Wildman–Crippen MR) is 101 cm³/mol. The Kier molecular flexibility index (Phi) is 8.38. The van der Waals surface area contributed by atoms with Gasteiger partial charge in [-0.15, -0.1) is 0 Å². The molecule has 1 heterocycles. The first-order chi connectivity index (χ1) is 13.8. The van der Waals surface area contributed by atoms with Gasteiger partial charge in [0, 0.05) is 17.1 Å². The van der Waals surface area contributed by atoms with Crippen LogP contribution in [0.2, 0.25) is 5.02 Å². The first-order valence-electron chi connectivity index (χ1n) is 9.11. The van der Waals surface area contributed by atoms with Gasteiger partial charge >= 0.3 is 12.1 Å². The standard InChI is InChI=1S/C19H22ClFN2O6/c20-13-6-2-1-5-12(13)11-29-19(28)23-8-4-3-7-15(23)18(27)22-14(9-17(25)26)16(24)10-21/h1-2,5-6,14-15H,3-4,7-11H2,(H,22,27)(H,25,26)/t14?,15-/m0/s1. The highest BCUT2D eigenvalue weighted by atomic mass is 35.5. The van der Waals surface area contributed by atoms with Crippen LogP contribution >= 0.6 is 11.6 Å². The third kappa shape index (κ3) is 6.42. The summed E-state index contributed by atoms with van der Waals surface area (Å²) in [4.78, 5) is 48.8. The molecule has 1 fully saturated rings. The number of carbonyl (C=O) groups is 4. The molecule has 1 unspecified atom stereocenters. The summed E-state index contributed by atoms with van der Waals surface area (Å²) in [5, 5.41) is 11.6. The SMILES string of the molecule is O=C(O)CC(NC(=O)[C@@H]1CCCCN1C(=O)OCc1ccccc1Cl)C(=O)CF. The Hall–Kier alpha value is -2.68. The molecule has 29 heavy (non-hydrogen) atoms. The lowest BCUT2D eigenvalue weighted by Gasteiger charge is -2.34. The molecule has 1 saturated heterocycles. The van der Waals surface area contributed by atoms with Crippen molar-refractivity contribution in [3.63, 3.8) is 0 Å². The van der Waals surface area contributed by atoms with Gasteiger partial charge in [-0.2, -0.15) is 0 Å². The number of nitrogens with one attached hydrogen (secondary N) is 1. The Morgan fingerprint density at radius 3 is 2.66 bits per heavy atom. The fourth-order valence-electron chi connectivity index (χ4n) is 3.04. The number of carboxylic acid groups (broad SMARTS) is 1. The number of rotatable bonds is 8. The van der Waals surface area contributed by atoms with Crippen molar-refractivity contribution in [3.05, 3.63) is 34.9 Å². The molecule has 0 aliphatic carbocycles. The summed E-state index contributed by atoms with van der Waals surface area (Å²) in [6, 6.07) is 4.42. The number of hydrogen-bond acceptors (Lipinski definition) is 5. The molecule has 0 saturated carbocycles. The number of ether oxygens (including phenoxy) is 1. The maximum atomic E-state index is 12.7. The molecule has 2 amide bonds. The number of benzene rings is 1. The summed E-state index contributed by atoms with van der Waals surface area (Å²) in [7, 11) is 0. The lowest BCUT2D eigenvalue weighted by atomic mass is 10.0. The molecule has 8 nitrogen and oxygen atoms in total. The summed E-state index contributed by atoms with van der Waals surface area (Å²) in [5.74, 6) is -3.10.